The number of methoxy groups -OCH3 is 2. The number of amides is 1. The van der Waals surface area contributed by atoms with Crippen molar-refractivity contribution in [1.29, 1.82) is 0 Å². The van der Waals surface area contributed by atoms with Crippen LogP contribution in [0.1, 0.15) is 43.5 Å². The van der Waals surface area contributed by atoms with Crippen molar-refractivity contribution in [3.8, 4) is 17.2 Å². The maximum atomic E-state index is 15.6. The second-order valence-corrected chi connectivity index (χ2v) is 11.5. The fraction of sp³-hybridized carbons (Fsp3) is 0.387. The number of aromatic nitrogens is 2. The lowest BCUT2D eigenvalue weighted by molar-refractivity contribution is -0.189. The molecular weight excluding hydrogens is 551 g/mol. The molecule has 1 atom stereocenters. The summed E-state index contributed by atoms with van der Waals surface area (Å²) in [7, 11) is 2.96. The first-order chi connectivity index (χ1) is 19.8. The van der Waals surface area contributed by atoms with Crippen LogP contribution in [-0.4, -0.2) is 53.3 Å². The Balaban J connectivity index is 1.69. The molecule has 42 heavy (non-hydrogen) atoms. The van der Waals surface area contributed by atoms with Crippen LogP contribution in [0.5, 0.6) is 11.5 Å². The second-order valence-electron chi connectivity index (χ2n) is 11.5. The van der Waals surface area contributed by atoms with E-state index < -0.39 is 45.4 Å². The number of aryl methyl sites for hydroxylation is 1. The Morgan fingerprint density at radius 3 is 2.24 bits per heavy atom. The van der Waals surface area contributed by atoms with Gasteiger partial charge in [-0.15, -0.1) is 0 Å². The Labute approximate surface area is 240 Å². The van der Waals surface area contributed by atoms with Crippen LogP contribution in [0, 0.1) is 12.3 Å². The predicted molar refractivity (Wildman–Crippen MR) is 149 cm³/mol. The zero-order chi connectivity index (χ0) is 30.6. The molecule has 0 bridgehead atoms. The first kappa shape index (κ1) is 29.2. The molecule has 5 rings (SSSR count). The molecule has 1 amide bonds. The third-order valence-corrected chi connectivity index (χ3v) is 8.08. The van der Waals surface area contributed by atoms with Gasteiger partial charge < -0.3 is 14.4 Å². The van der Waals surface area contributed by atoms with Gasteiger partial charge in [-0.05, 0) is 55.0 Å². The molecule has 1 N–H and O–H groups in total. The number of aromatic amines is 1. The molecule has 1 aromatic heterocycles. The average Bonchev–Trinajstić information content (AvgIpc) is 3.36. The fourth-order valence-corrected chi connectivity index (χ4v) is 6.27. The smallest absolute Gasteiger partial charge is 0.411 e. The van der Waals surface area contributed by atoms with Gasteiger partial charge in [0.05, 0.1) is 25.5 Å². The van der Waals surface area contributed by atoms with Crippen LogP contribution >= 0.6 is 0 Å². The van der Waals surface area contributed by atoms with E-state index in [4.69, 9.17) is 9.47 Å². The van der Waals surface area contributed by atoms with E-state index in [0.29, 0.717) is 22.7 Å². The van der Waals surface area contributed by atoms with Crippen LogP contribution < -0.4 is 15.0 Å². The fourth-order valence-electron chi connectivity index (χ4n) is 6.27. The third-order valence-electron chi connectivity index (χ3n) is 8.08. The van der Waals surface area contributed by atoms with E-state index in [1.54, 1.807) is 62.4 Å². The number of nitrogens with zero attached hydrogens (tertiary/aromatic N) is 2. The SMILES string of the molecule is COc1ccc(CCN2C(=O)[C@@](c3c(C)[nH]n(-c4ccccc4)c3=O)(C(F)(F)F)C3=C2CC(C)(C)CC3=O)cc1OC. The van der Waals surface area contributed by atoms with Crippen molar-refractivity contribution in [3.05, 3.63) is 87.0 Å². The van der Waals surface area contributed by atoms with Crippen molar-refractivity contribution >= 4 is 11.7 Å². The van der Waals surface area contributed by atoms with Crippen LogP contribution in [0.25, 0.3) is 5.69 Å². The summed E-state index contributed by atoms with van der Waals surface area (Å²) >= 11 is 0. The van der Waals surface area contributed by atoms with E-state index >= 15 is 13.2 Å². The number of allylic oxidation sites excluding steroid dienone is 1. The van der Waals surface area contributed by atoms with E-state index in [1.807, 2.05) is 0 Å². The van der Waals surface area contributed by atoms with Crippen molar-refractivity contribution in [2.24, 2.45) is 5.41 Å². The van der Waals surface area contributed by atoms with Crippen molar-refractivity contribution < 1.29 is 32.2 Å². The monoisotopic (exact) mass is 583 g/mol. The molecule has 3 aromatic rings. The van der Waals surface area contributed by atoms with E-state index in [0.717, 1.165) is 9.58 Å². The average molecular weight is 584 g/mol. The van der Waals surface area contributed by atoms with Gasteiger partial charge in [0.15, 0.2) is 17.3 Å². The minimum absolute atomic E-state index is 0.0188. The number of ketones is 1. The highest BCUT2D eigenvalue weighted by Crippen LogP contribution is 2.57. The number of Topliss-reactive ketones (excluding diaryl/α,β-unsaturated/α-hetero) is 1. The van der Waals surface area contributed by atoms with Crippen LogP contribution in [0.15, 0.2) is 64.6 Å². The minimum Gasteiger partial charge on any atom is -0.493 e. The number of ether oxygens (including phenoxy) is 2. The molecule has 0 saturated heterocycles. The highest BCUT2D eigenvalue weighted by Gasteiger charge is 2.73. The van der Waals surface area contributed by atoms with Gasteiger partial charge in [-0.3, -0.25) is 19.5 Å². The molecule has 2 heterocycles. The molecule has 0 fully saturated rings. The summed E-state index contributed by atoms with van der Waals surface area (Å²) in [6.07, 6.45) is -5.22. The van der Waals surface area contributed by atoms with Gasteiger partial charge in [0.1, 0.15) is 0 Å². The number of rotatable bonds is 7. The Kier molecular flexibility index (Phi) is 7.11. The Bertz CT molecular complexity index is 1650. The van der Waals surface area contributed by atoms with Crippen LogP contribution in [0.2, 0.25) is 0 Å². The summed E-state index contributed by atoms with van der Waals surface area (Å²) in [5.74, 6) is -1.21. The number of carbonyl (C=O) groups excluding carboxylic acids is 2. The highest BCUT2D eigenvalue weighted by atomic mass is 19.4. The largest absolute Gasteiger partial charge is 0.493 e. The number of alkyl halides is 3. The maximum absolute atomic E-state index is 15.6. The molecule has 0 saturated carbocycles. The van der Waals surface area contributed by atoms with Crippen molar-refractivity contribution in [3.63, 3.8) is 0 Å². The van der Waals surface area contributed by atoms with Crippen LogP contribution in [-0.2, 0) is 21.4 Å². The lowest BCUT2D eigenvalue weighted by Crippen LogP contribution is -2.55. The Morgan fingerprint density at radius 1 is 0.952 bits per heavy atom. The first-order valence-corrected chi connectivity index (χ1v) is 13.5. The van der Waals surface area contributed by atoms with Crippen molar-refractivity contribution in [1.82, 2.24) is 14.7 Å². The lowest BCUT2D eigenvalue weighted by Gasteiger charge is -2.35. The van der Waals surface area contributed by atoms with E-state index in [-0.39, 0.29) is 37.2 Å². The van der Waals surface area contributed by atoms with Gasteiger partial charge >= 0.3 is 6.18 Å². The zero-order valence-electron chi connectivity index (χ0n) is 24.0. The Hall–Kier alpha value is -4.28. The molecule has 0 unspecified atom stereocenters. The number of hydrogen-bond donors (Lipinski definition) is 1. The predicted octanol–water partition coefficient (Wildman–Crippen LogP) is 5.02. The summed E-state index contributed by atoms with van der Waals surface area (Å²) in [6, 6.07) is 13.2. The lowest BCUT2D eigenvalue weighted by atomic mass is 9.66. The maximum Gasteiger partial charge on any atom is 0.411 e. The third kappa shape index (κ3) is 4.42. The molecule has 0 spiro atoms. The van der Waals surface area contributed by atoms with Crippen molar-refractivity contribution in [2.75, 3.05) is 20.8 Å². The summed E-state index contributed by atoms with van der Waals surface area (Å²) in [6.45, 7) is 4.75. The van der Waals surface area contributed by atoms with Gasteiger partial charge in [0, 0.05) is 29.9 Å². The van der Waals surface area contributed by atoms with Gasteiger partial charge in [0.25, 0.3) is 11.5 Å². The molecule has 11 heteroatoms. The molecule has 8 nitrogen and oxygen atoms in total. The quantitative estimate of drug-likeness (QED) is 0.422. The number of para-hydroxylation sites is 1. The summed E-state index contributed by atoms with van der Waals surface area (Å²) < 4.78 is 58.3. The summed E-state index contributed by atoms with van der Waals surface area (Å²) in [5, 5.41) is 2.72. The number of halogens is 3. The second kappa shape index (κ2) is 10.2. The van der Waals surface area contributed by atoms with Gasteiger partial charge in [-0.2, -0.15) is 13.2 Å². The van der Waals surface area contributed by atoms with Crippen molar-refractivity contribution in [2.45, 2.75) is 51.6 Å². The zero-order valence-corrected chi connectivity index (χ0v) is 24.0. The topological polar surface area (TPSA) is 93.6 Å². The van der Waals surface area contributed by atoms with E-state index in [1.165, 1.54) is 21.1 Å². The normalized spacial score (nSPS) is 20.2. The van der Waals surface area contributed by atoms with Crippen LogP contribution in [0.3, 0.4) is 0 Å². The summed E-state index contributed by atoms with van der Waals surface area (Å²) in [4.78, 5) is 42.8. The molecular formula is C31H32F3N3O5. The molecule has 2 aromatic carbocycles. The standard InChI is InChI=1S/C31H32F3N3O5/c1-18-25(27(39)37(35-18)20-9-7-6-8-10-20)30(31(32,33)34)26-21(16-29(2,3)17-22(26)38)36(28(30)40)14-13-19-11-12-23(41-4)24(15-19)42-5/h6-12,15,35H,13-14,16-17H2,1-5H3/t30-/m0/s1. The van der Waals surface area contributed by atoms with Gasteiger partial charge in [-0.25, -0.2) is 4.68 Å². The van der Waals surface area contributed by atoms with E-state index in [9.17, 15) is 14.4 Å². The van der Waals surface area contributed by atoms with Gasteiger partial charge in [-0.1, -0.05) is 38.1 Å². The molecule has 0 radical (unpaired) electrons. The molecule has 222 valence electrons. The number of H-pyrrole nitrogens is 1. The Morgan fingerprint density at radius 2 is 1.62 bits per heavy atom. The van der Waals surface area contributed by atoms with Crippen LogP contribution in [0.4, 0.5) is 13.2 Å². The number of nitrogens with one attached hydrogen (secondary N) is 1. The minimum atomic E-state index is -5.28. The molecule has 1 aliphatic heterocycles. The van der Waals surface area contributed by atoms with E-state index in [2.05, 4.69) is 5.10 Å². The number of hydrogen-bond acceptors (Lipinski definition) is 5. The number of benzene rings is 2. The van der Waals surface area contributed by atoms with Gasteiger partial charge in [0.2, 0.25) is 5.41 Å². The molecule has 1 aliphatic carbocycles. The first-order valence-electron chi connectivity index (χ1n) is 13.5. The number of carbonyl (C=O) groups is 2. The highest BCUT2D eigenvalue weighted by molar-refractivity contribution is 6.13. The summed E-state index contributed by atoms with van der Waals surface area (Å²) in [5.41, 5.74) is -5.71. The molecule has 2 aliphatic rings.